The summed E-state index contributed by atoms with van der Waals surface area (Å²) < 4.78 is 0. The highest BCUT2D eigenvalue weighted by molar-refractivity contribution is 6.35. The molecular formula is C24H15NO5. The Hall–Kier alpha value is -3.93. The number of benzene rings is 3. The molecule has 0 N–H and O–H groups in total. The lowest BCUT2D eigenvalue weighted by Crippen LogP contribution is -2.23. The van der Waals surface area contributed by atoms with Crippen molar-refractivity contribution in [2.45, 2.75) is 5.92 Å². The minimum absolute atomic E-state index is 0.128. The molecule has 2 aliphatic rings. The SMILES string of the molecule is O=C(c1ccc([N+](=O)[O-])cc1)[C@@H]1[C@@H](c2ccccc2)C12C(=O)c1ccccc1C2=O. The Balaban J connectivity index is 1.61. The number of rotatable bonds is 4. The third-order valence-electron chi connectivity index (χ3n) is 6.18. The predicted molar refractivity (Wildman–Crippen MR) is 108 cm³/mol. The molecule has 0 heterocycles. The molecule has 0 aliphatic heterocycles. The Morgan fingerprint density at radius 2 is 1.33 bits per heavy atom. The van der Waals surface area contributed by atoms with Crippen molar-refractivity contribution in [3.8, 4) is 0 Å². The van der Waals surface area contributed by atoms with Crippen LogP contribution in [0.15, 0.2) is 78.9 Å². The fraction of sp³-hybridized carbons (Fsp3) is 0.125. The van der Waals surface area contributed by atoms with Crippen LogP contribution < -0.4 is 0 Å². The van der Waals surface area contributed by atoms with Crippen LogP contribution in [-0.2, 0) is 0 Å². The largest absolute Gasteiger partial charge is 0.294 e. The van der Waals surface area contributed by atoms with Gasteiger partial charge >= 0.3 is 0 Å². The zero-order valence-corrected chi connectivity index (χ0v) is 15.6. The van der Waals surface area contributed by atoms with E-state index in [4.69, 9.17) is 0 Å². The maximum absolute atomic E-state index is 13.4. The standard InChI is InChI=1S/C24H15NO5/c26-21(15-10-12-16(13-11-15)25(29)30)20-19(14-6-2-1-3-7-14)24(20)22(27)17-8-4-5-9-18(17)23(24)28/h1-13,19-20H/t19-,20+/m1/s1. The molecule has 2 aliphatic carbocycles. The number of Topliss-reactive ketones (excluding diaryl/α,β-unsaturated/α-hetero) is 3. The molecule has 146 valence electrons. The molecule has 0 bridgehead atoms. The molecule has 3 aromatic carbocycles. The second kappa shape index (κ2) is 6.29. The van der Waals surface area contributed by atoms with Crippen LogP contribution in [0.3, 0.4) is 0 Å². The Kier molecular flexibility index (Phi) is 3.80. The van der Waals surface area contributed by atoms with Crippen molar-refractivity contribution >= 4 is 23.0 Å². The summed E-state index contributed by atoms with van der Waals surface area (Å²) in [5.74, 6) is -2.40. The Bertz CT molecular complexity index is 1190. The van der Waals surface area contributed by atoms with Crippen molar-refractivity contribution in [2.24, 2.45) is 11.3 Å². The normalized spacial score (nSPS) is 20.8. The summed E-state index contributed by atoms with van der Waals surface area (Å²) in [7, 11) is 0. The van der Waals surface area contributed by atoms with Gasteiger partial charge in [0.05, 0.1) is 10.8 Å². The number of carbonyl (C=O) groups excluding carboxylic acids is 3. The van der Waals surface area contributed by atoms with Gasteiger partial charge in [-0.3, -0.25) is 24.5 Å². The number of carbonyl (C=O) groups is 3. The number of hydrogen-bond donors (Lipinski definition) is 0. The number of nitrogens with zero attached hydrogens (tertiary/aromatic N) is 1. The lowest BCUT2D eigenvalue weighted by Gasteiger charge is -2.06. The van der Waals surface area contributed by atoms with Crippen molar-refractivity contribution in [2.75, 3.05) is 0 Å². The van der Waals surface area contributed by atoms with E-state index in [1.807, 2.05) is 30.3 Å². The van der Waals surface area contributed by atoms with Crippen LogP contribution in [0.25, 0.3) is 0 Å². The first-order valence-electron chi connectivity index (χ1n) is 9.50. The van der Waals surface area contributed by atoms with E-state index in [-0.39, 0.29) is 28.6 Å². The van der Waals surface area contributed by atoms with Gasteiger partial charge in [0.1, 0.15) is 5.41 Å². The molecule has 0 unspecified atom stereocenters. The molecule has 2 atom stereocenters. The number of hydrogen-bond acceptors (Lipinski definition) is 5. The molecule has 6 nitrogen and oxygen atoms in total. The van der Waals surface area contributed by atoms with Gasteiger partial charge < -0.3 is 0 Å². The summed E-state index contributed by atoms with van der Waals surface area (Å²) in [6.45, 7) is 0. The smallest absolute Gasteiger partial charge is 0.269 e. The zero-order chi connectivity index (χ0) is 21.0. The van der Waals surface area contributed by atoms with Crippen LogP contribution in [0.2, 0.25) is 0 Å². The lowest BCUT2D eigenvalue weighted by atomic mass is 9.91. The van der Waals surface area contributed by atoms with Crippen molar-refractivity contribution in [1.29, 1.82) is 0 Å². The summed E-state index contributed by atoms with van der Waals surface area (Å²) in [4.78, 5) is 50.6. The van der Waals surface area contributed by atoms with Crippen molar-refractivity contribution in [3.63, 3.8) is 0 Å². The topological polar surface area (TPSA) is 94.3 Å². The van der Waals surface area contributed by atoms with Crippen LogP contribution in [0, 0.1) is 21.4 Å². The predicted octanol–water partition coefficient (Wildman–Crippen LogP) is 4.26. The Morgan fingerprint density at radius 3 is 1.87 bits per heavy atom. The molecule has 0 saturated heterocycles. The summed E-state index contributed by atoms with van der Waals surface area (Å²) in [6, 6.07) is 21.0. The number of nitro benzene ring substituents is 1. The number of ketones is 3. The molecule has 3 aromatic rings. The monoisotopic (exact) mass is 397 g/mol. The van der Waals surface area contributed by atoms with Gasteiger partial charge in [0, 0.05) is 34.7 Å². The Labute approximate surface area is 171 Å². The number of nitro groups is 1. The average molecular weight is 397 g/mol. The molecule has 6 heteroatoms. The highest BCUT2D eigenvalue weighted by atomic mass is 16.6. The van der Waals surface area contributed by atoms with E-state index in [1.165, 1.54) is 24.3 Å². The molecule has 0 amide bonds. The van der Waals surface area contributed by atoms with Crippen LogP contribution in [0.4, 0.5) is 5.69 Å². The number of fused-ring (bicyclic) bond motifs is 1. The van der Waals surface area contributed by atoms with Crippen molar-refractivity contribution in [1.82, 2.24) is 0 Å². The maximum atomic E-state index is 13.4. The van der Waals surface area contributed by atoms with Crippen LogP contribution in [0.1, 0.15) is 42.6 Å². The van der Waals surface area contributed by atoms with E-state index in [1.54, 1.807) is 24.3 Å². The minimum atomic E-state index is -1.44. The number of non-ortho nitro benzene ring substituents is 1. The van der Waals surface area contributed by atoms with Gasteiger partial charge in [0.2, 0.25) is 0 Å². The highest BCUT2D eigenvalue weighted by Gasteiger charge is 2.78. The zero-order valence-electron chi connectivity index (χ0n) is 15.6. The first-order chi connectivity index (χ1) is 14.5. The second-order valence-corrected chi connectivity index (χ2v) is 7.61. The van der Waals surface area contributed by atoms with Gasteiger partial charge in [0.25, 0.3) is 5.69 Å². The van der Waals surface area contributed by atoms with Gasteiger partial charge in [-0.15, -0.1) is 0 Å². The van der Waals surface area contributed by atoms with E-state index in [0.717, 1.165) is 5.56 Å². The minimum Gasteiger partial charge on any atom is -0.294 e. The quantitative estimate of drug-likeness (QED) is 0.284. The summed E-state index contributed by atoms with van der Waals surface area (Å²) >= 11 is 0. The molecule has 1 spiro atoms. The van der Waals surface area contributed by atoms with Crippen molar-refractivity contribution in [3.05, 3.63) is 111 Å². The average Bonchev–Trinajstić information content (AvgIpc) is 3.44. The molecule has 5 rings (SSSR count). The van der Waals surface area contributed by atoms with E-state index in [2.05, 4.69) is 0 Å². The summed E-state index contributed by atoms with van der Waals surface area (Å²) in [5.41, 5.74) is 0.137. The van der Waals surface area contributed by atoms with Gasteiger partial charge in [-0.05, 0) is 17.7 Å². The van der Waals surface area contributed by atoms with Gasteiger partial charge in [-0.2, -0.15) is 0 Å². The third-order valence-corrected chi connectivity index (χ3v) is 6.18. The van der Waals surface area contributed by atoms with E-state index < -0.39 is 22.2 Å². The second-order valence-electron chi connectivity index (χ2n) is 7.61. The highest BCUT2D eigenvalue weighted by Crippen LogP contribution is 2.70. The molecule has 1 fully saturated rings. The third kappa shape index (κ3) is 2.27. The van der Waals surface area contributed by atoms with Gasteiger partial charge in [0.15, 0.2) is 17.3 Å². The Morgan fingerprint density at radius 1 is 0.800 bits per heavy atom. The van der Waals surface area contributed by atoms with Crippen molar-refractivity contribution < 1.29 is 19.3 Å². The molecule has 30 heavy (non-hydrogen) atoms. The fourth-order valence-electron chi connectivity index (χ4n) is 4.78. The van der Waals surface area contributed by atoms with E-state index in [9.17, 15) is 24.5 Å². The van der Waals surface area contributed by atoms with Gasteiger partial charge in [-0.25, -0.2) is 0 Å². The van der Waals surface area contributed by atoms with Crippen LogP contribution in [0.5, 0.6) is 0 Å². The van der Waals surface area contributed by atoms with E-state index in [0.29, 0.717) is 11.1 Å². The molecule has 0 radical (unpaired) electrons. The van der Waals surface area contributed by atoms with Crippen LogP contribution >= 0.6 is 0 Å². The molecule has 0 aromatic heterocycles. The summed E-state index contributed by atoms with van der Waals surface area (Å²) in [5, 5.41) is 10.9. The lowest BCUT2D eigenvalue weighted by molar-refractivity contribution is -0.384. The molecular weight excluding hydrogens is 382 g/mol. The van der Waals surface area contributed by atoms with E-state index >= 15 is 0 Å². The fourth-order valence-corrected chi connectivity index (χ4v) is 4.78. The first-order valence-corrected chi connectivity index (χ1v) is 9.50. The van der Waals surface area contributed by atoms with Gasteiger partial charge in [-0.1, -0.05) is 54.6 Å². The maximum Gasteiger partial charge on any atom is 0.269 e. The summed E-state index contributed by atoms with van der Waals surface area (Å²) in [6.07, 6.45) is 0. The first kappa shape index (κ1) is 18.1. The van der Waals surface area contributed by atoms with Crippen LogP contribution in [-0.4, -0.2) is 22.3 Å². The molecule has 1 saturated carbocycles.